The van der Waals surface area contributed by atoms with Gasteiger partial charge in [0.25, 0.3) is 0 Å². The highest BCUT2D eigenvalue weighted by molar-refractivity contribution is 7.92. The molecule has 1 amide bonds. The van der Waals surface area contributed by atoms with Crippen molar-refractivity contribution in [2.75, 3.05) is 17.7 Å². The molecule has 8 heteroatoms. The topological polar surface area (TPSA) is 75.7 Å². The van der Waals surface area contributed by atoms with Crippen LogP contribution in [-0.2, 0) is 14.8 Å². The number of methoxy groups -OCH3 is 1. The molecule has 0 bridgehead atoms. The molecular weight excluding hydrogens is 388 g/mol. The van der Waals surface area contributed by atoms with E-state index < -0.39 is 22.0 Å². The van der Waals surface area contributed by atoms with E-state index in [4.69, 9.17) is 16.3 Å². The van der Waals surface area contributed by atoms with Crippen LogP contribution >= 0.6 is 11.6 Å². The smallest absolute Gasteiger partial charge is 0.244 e. The maximum Gasteiger partial charge on any atom is 0.244 e. The molecular formula is C19H23ClN2O4S. The Kier molecular flexibility index (Phi) is 6.73. The van der Waals surface area contributed by atoms with Crippen molar-refractivity contribution >= 4 is 33.2 Å². The average Bonchev–Trinajstić information content (AvgIpc) is 2.60. The van der Waals surface area contributed by atoms with E-state index in [2.05, 4.69) is 5.32 Å². The van der Waals surface area contributed by atoms with E-state index in [1.807, 2.05) is 19.1 Å². The summed E-state index contributed by atoms with van der Waals surface area (Å²) in [7, 11) is -2.11. The zero-order valence-electron chi connectivity index (χ0n) is 15.6. The highest BCUT2D eigenvalue weighted by Gasteiger charge is 2.30. The van der Waals surface area contributed by atoms with Crippen molar-refractivity contribution in [2.24, 2.45) is 0 Å². The summed E-state index contributed by atoms with van der Waals surface area (Å²) >= 11 is 5.98. The van der Waals surface area contributed by atoms with Crippen LogP contribution in [0, 0.1) is 0 Å². The fourth-order valence-corrected chi connectivity index (χ4v) is 4.08. The second-order valence-electron chi connectivity index (χ2n) is 6.22. The molecule has 2 atom stereocenters. The van der Waals surface area contributed by atoms with E-state index >= 15 is 0 Å². The number of hydrogen-bond donors (Lipinski definition) is 1. The number of anilines is 1. The van der Waals surface area contributed by atoms with E-state index in [1.165, 1.54) is 13.0 Å². The zero-order chi connectivity index (χ0) is 20.2. The average molecular weight is 411 g/mol. The van der Waals surface area contributed by atoms with E-state index in [0.717, 1.165) is 21.9 Å². The third-order valence-corrected chi connectivity index (χ3v) is 5.60. The first-order chi connectivity index (χ1) is 12.6. The van der Waals surface area contributed by atoms with Crippen molar-refractivity contribution in [1.82, 2.24) is 5.32 Å². The van der Waals surface area contributed by atoms with Crippen molar-refractivity contribution in [3.8, 4) is 5.75 Å². The Morgan fingerprint density at radius 2 is 1.78 bits per heavy atom. The lowest BCUT2D eigenvalue weighted by Crippen LogP contribution is -2.48. The van der Waals surface area contributed by atoms with E-state index in [9.17, 15) is 13.2 Å². The number of carbonyl (C=O) groups is 1. The fourth-order valence-electron chi connectivity index (χ4n) is 2.73. The van der Waals surface area contributed by atoms with Crippen molar-refractivity contribution in [3.05, 3.63) is 59.1 Å². The number of halogens is 1. The van der Waals surface area contributed by atoms with E-state index in [0.29, 0.717) is 10.7 Å². The van der Waals surface area contributed by atoms with Gasteiger partial charge >= 0.3 is 0 Å². The quantitative estimate of drug-likeness (QED) is 0.759. The lowest BCUT2D eigenvalue weighted by molar-refractivity contribution is -0.122. The molecule has 0 fully saturated rings. The molecule has 0 saturated heterocycles. The first-order valence-corrected chi connectivity index (χ1v) is 10.6. The van der Waals surface area contributed by atoms with E-state index in [-0.39, 0.29) is 6.04 Å². The number of ether oxygens (including phenoxy) is 1. The van der Waals surface area contributed by atoms with E-state index in [1.54, 1.807) is 37.4 Å². The summed E-state index contributed by atoms with van der Waals surface area (Å²) in [5.74, 6) is 0.304. The number of hydrogen-bond acceptors (Lipinski definition) is 4. The molecule has 6 nitrogen and oxygen atoms in total. The lowest BCUT2D eigenvalue weighted by Gasteiger charge is -2.29. The van der Waals surface area contributed by atoms with Crippen LogP contribution in [0.4, 0.5) is 5.69 Å². The highest BCUT2D eigenvalue weighted by Crippen LogP contribution is 2.25. The van der Waals surface area contributed by atoms with Crippen LogP contribution < -0.4 is 14.4 Å². The number of benzene rings is 2. The van der Waals surface area contributed by atoms with Crippen LogP contribution in [0.1, 0.15) is 25.5 Å². The highest BCUT2D eigenvalue weighted by atomic mass is 35.5. The van der Waals surface area contributed by atoms with Gasteiger partial charge in [0.2, 0.25) is 15.9 Å². The summed E-state index contributed by atoms with van der Waals surface area (Å²) in [6.07, 6.45) is 1.06. The Bertz CT molecular complexity index is 900. The molecule has 2 aromatic rings. The van der Waals surface area contributed by atoms with Gasteiger partial charge in [0.15, 0.2) is 0 Å². The van der Waals surface area contributed by atoms with Crippen molar-refractivity contribution < 1.29 is 17.9 Å². The third kappa shape index (κ3) is 5.37. The first-order valence-electron chi connectivity index (χ1n) is 8.32. The molecule has 0 aliphatic carbocycles. The van der Waals surface area contributed by atoms with Crippen LogP contribution in [0.3, 0.4) is 0 Å². The molecule has 27 heavy (non-hydrogen) atoms. The molecule has 0 aliphatic rings. The van der Waals surface area contributed by atoms with Gasteiger partial charge in [-0.05, 0) is 49.7 Å². The molecule has 0 unspecified atom stereocenters. The molecule has 2 aromatic carbocycles. The Morgan fingerprint density at radius 1 is 1.15 bits per heavy atom. The normalized spacial score (nSPS) is 13.5. The second kappa shape index (κ2) is 8.63. The SMILES string of the molecule is COc1ccc([C@@H](C)NC(=O)[C@@H](C)N(c2cccc(Cl)c2)S(C)(=O)=O)cc1. The van der Waals surface area contributed by atoms with Crippen molar-refractivity contribution in [2.45, 2.75) is 25.9 Å². The van der Waals surface area contributed by atoms with Crippen LogP contribution in [0.2, 0.25) is 5.02 Å². The lowest BCUT2D eigenvalue weighted by atomic mass is 10.1. The van der Waals surface area contributed by atoms with Gasteiger partial charge in [-0.25, -0.2) is 8.42 Å². The predicted molar refractivity (Wildman–Crippen MR) is 108 cm³/mol. The minimum Gasteiger partial charge on any atom is -0.497 e. The predicted octanol–water partition coefficient (Wildman–Crippen LogP) is 3.38. The number of rotatable bonds is 7. The van der Waals surface area contributed by atoms with Gasteiger partial charge in [0.1, 0.15) is 11.8 Å². The van der Waals surface area contributed by atoms with Crippen LogP contribution in [0.15, 0.2) is 48.5 Å². The molecule has 0 aliphatic heterocycles. The Balaban J connectivity index is 2.21. The molecule has 0 heterocycles. The van der Waals surface area contributed by atoms with Crippen LogP contribution in [-0.4, -0.2) is 33.7 Å². The number of amides is 1. The number of nitrogens with one attached hydrogen (secondary N) is 1. The molecule has 2 rings (SSSR count). The van der Waals surface area contributed by atoms with Crippen LogP contribution in [0.25, 0.3) is 0 Å². The van der Waals surface area contributed by atoms with Gasteiger partial charge in [-0.15, -0.1) is 0 Å². The van der Waals surface area contributed by atoms with Gasteiger partial charge in [0.05, 0.1) is 25.1 Å². The minimum atomic E-state index is -3.69. The molecule has 0 radical (unpaired) electrons. The summed E-state index contributed by atoms with van der Waals surface area (Å²) in [6.45, 7) is 3.37. The maximum absolute atomic E-state index is 12.7. The molecule has 0 spiro atoms. The molecule has 146 valence electrons. The summed E-state index contributed by atoms with van der Waals surface area (Å²) < 4.78 is 30.8. The van der Waals surface area contributed by atoms with Crippen molar-refractivity contribution in [1.29, 1.82) is 0 Å². The largest absolute Gasteiger partial charge is 0.497 e. The van der Waals surface area contributed by atoms with Gasteiger partial charge < -0.3 is 10.1 Å². The van der Waals surface area contributed by atoms with Gasteiger partial charge in [0, 0.05) is 5.02 Å². The standard InChI is InChI=1S/C19H23ClN2O4S/c1-13(15-8-10-18(26-3)11-9-15)21-19(23)14(2)22(27(4,24)25)17-7-5-6-16(20)12-17/h5-14H,1-4H3,(H,21,23)/t13-,14-/m1/s1. The van der Waals surface area contributed by atoms with Gasteiger partial charge in [-0.3, -0.25) is 9.10 Å². The summed E-state index contributed by atoms with van der Waals surface area (Å²) in [5, 5.41) is 3.24. The van der Waals surface area contributed by atoms with Crippen LogP contribution in [0.5, 0.6) is 5.75 Å². The summed E-state index contributed by atoms with van der Waals surface area (Å²) in [6, 6.07) is 12.4. The molecule has 1 N–H and O–H groups in total. The second-order valence-corrected chi connectivity index (χ2v) is 8.51. The summed E-state index contributed by atoms with van der Waals surface area (Å²) in [4.78, 5) is 12.7. The first kappa shape index (κ1) is 21.1. The molecule has 0 aromatic heterocycles. The van der Waals surface area contributed by atoms with Gasteiger partial charge in [-0.2, -0.15) is 0 Å². The Labute approximate surface area is 165 Å². The fraction of sp³-hybridized carbons (Fsp3) is 0.316. The zero-order valence-corrected chi connectivity index (χ0v) is 17.2. The number of nitrogens with zero attached hydrogens (tertiary/aromatic N) is 1. The number of carbonyl (C=O) groups excluding carboxylic acids is 1. The Morgan fingerprint density at radius 3 is 2.30 bits per heavy atom. The minimum absolute atomic E-state index is 0.299. The Hall–Kier alpha value is -2.25. The third-order valence-electron chi connectivity index (χ3n) is 4.13. The maximum atomic E-state index is 12.7. The van der Waals surface area contributed by atoms with Crippen molar-refractivity contribution in [3.63, 3.8) is 0 Å². The number of sulfonamides is 1. The van der Waals surface area contributed by atoms with Gasteiger partial charge in [-0.1, -0.05) is 29.8 Å². The molecule has 0 saturated carbocycles. The summed E-state index contributed by atoms with van der Waals surface area (Å²) in [5.41, 5.74) is 1.22. The monoisotopic (exact) mass is 410 g/mol.